The minimum absolute atomic E-state index is 0.233. The van der Waals surface area contributed by atoms with Crippen molar-refractivity contribution in [3.05, 3.63) is 65.2 Å². The van der Waals surface area contributed by atoms with Crippen LogP contribution in [0.5, 0.6) is 5.75 Å². The summed E-state index contributed by atoms with van der Waals surface area (Å²) in [5, 5.41) is 0. The average molecular weight is 267 g/mol. The Kier molecular flexibility index (Phi) is 3.49. The van der Waals surface area contributed by atoms with Crippen molar-refractivity contribution in [2.75, 3.05) is 7.11 Å². The molecule has 2 aromatic rings. The summed E-state index contributed by atoms with van der Waals surface area (Å²) in [5.74, 6) is 0.892. The highest BCUT2D eigenvalue weighted by molar-refractivity contribution is 5.38. The van der Waals surface area contributed by atoms with Gasteiger partial charge >= 0.3 is 0 Å². The van der Waals surface area contributed by atoms with Crippen molar-refractivity contribution >= 4 is 0 Å². The molecule has 0 bridgehead atoms. The fraction of sp³-hybridized carbons (Fsp3) is 0.333. The fourth-order valence-electron chi connectivity index (χ4n) is 3.24. The van der Waals surface area contributed by atoms with E-state index in [1.54, 1.807) is 7.11 Å². The lowest BCUT2D eigenvalue weighted by Gasteiger charge is -2.36. The van der Waals surface area contributed by atoms with Crippen LogP contribution in [0, 0.1) is 0 Å². The molecule has 1 aliphatic carbocycles. The van der Waals surface area contributed by atoms with Crippen LogP contribution in [-0.4, -0.2) is 7.11 Å². The molecule has 104 valence electrons. The largest absolute Gasteiger partial charge is 0.497 e. The zero-order valence-electron chi connectivity index (χ0n) is 11.9. The Morgan fingerprint density at radius 3 is 2.60 bits per heavy atom. The molecule has 0 saturated heterocycles. The minimum Gasteiger partial charge on any atom is -0.497 e. The first-order valence-electron chi connectivity index (χ1n) is 7.21. The Morgan fingerprint density at radius 1 is 1.10 bits per heavy atom. The van der Waals surface area contributed by atoms with Gasteiger partial charge in [-0.05, 0) is 54.5 Å². The van der Waals surface area contributed by atoms with Gasteiger partial charge in [0.15, 0.2) is 0 Å². The zero-order valence-corrected chi connectivity index (χ0v) is 11.9. The maximum absolute atomic E-state index is 6.74. The molecule has 20 heavy (non-hydrogen) atoms. The highest BCUT2D eigenvalue weighted by Gasteiger charge is 2.32. The normalized spacial score (nSPS) is 21.3. The van der Waals surface area contributed by atoms with Crippen LogP contribution in [-0.2, 0) is 18.4 Å². The zero-order chi connectivity index (χ0) is 14.0. The second-order valence-electron chi connectivity index (χ2n) is 5.69. The molecular formula is C18H21NO. The molecule has 0 fully saturated rings. The summed E-state index contributed by atoms with van der Waals surface area (Å²) >= 11 is 0. The molecule has 0 spiro atoms. The number of benzene rings is 2. The minimum atomic E-state index is -0.233. The molecule has 3 rings (SSSR count). The van der Waals surface area contributed by atoms with Gasteiger partial charge in [0.1, 0.15) is 5.75 Å². The van der Waals surface area contributed by atoms with Crippen molar-refractivity contribution in [2.24, 2.45) is 5.73 Å². The molecule has 2 aromatic carbocycles. The third-order valence-corrected chi connectivity index (χ3v) is 4.30. The topological polar surface area (TPSA) is 35.2 Å². The molecular weight excluding hydrogens is 246 g/mol. The van der Waals surface area contributed by atoms with E-state index in [-0.39, 0.29) is 5.54 Å². The molecule has 1 aliphatic rings. The van der Waals surface area contributed by atoms with Crippen molar-refractivity contribution in [1.29, 1.82) is 0 Å². The third kappa shape index (κ3) is 2.44. The molecule has 1 atom stereocenters. The van der Waals surface area contributed by atoms with Gasteiger partial charge in [-0.1, -0.05) is 36.4 Å². The molecule has 0 saturated carbocycles. The van der Waals surface area contributed by atoms with E-state index in [2.05, 4.69) is 36.4 Å². The quantitative estimate of drug-likeness (QED) is 0.924. The van der Waals surface area contributed by atoms with E-state index in [9.17, 15) is 0 Å². The van der Waals surface area contributed by atoms with Crippen molar-refractivity contribution in [2.45, 2.75) is 31.2 Å². The summed E-state index contributed by atoms with van der Waals surface area (Å²) in [7, 11) is 1.69. The smallest absolute Gasteiger partial charge is 0.118 e. The van der Waals surface area contributed by atoms with Gasteiger partial charge in [-0.3, -0.25) is 0 Å². The number of methoxy groups -OCH3 is 1. The second kappa shape index (κ2) is 5.29. The van der Waals surface area contributed by atoms with Gasteiger partial charge in [-0.2, -0.15) is 0 Å². The van der Waals surface area contributed by atoms with Crippen LogP contribution in [0.4, 0.5) is 0 Å². The van der Waals surface area contributed by atoms with Crippen LogP contribution in [0.15, 0.2) is 48.5 Å². The maximum atomic E-state index is 6.74. The third-order valence-electron chi connectivity index (χ3n) is 4.30. The summed E-state index contributed by atoms with van der Waals surface area (Å²) in [6.07, 6.45) is 4.26. The van der Waals surface area contributed by atoms with E-state index in [0.29, 0.717) is 0 Å². The van der Waals surface area contributed by atoms with Crippen LogP contribution >= 0.6 is 0 Å². The predicted octanol–water partition coefficient (Wildman–Crippen LogP) is 3.43. The van der Waals surface area contributed by atoms with Gasteiger partial charge in [0.2, 0.25) is 0 Å². The van der Waals surface area contributed by atoms with Crippen molar-refractivity contribution < 1.29 is 4.74 Å². The SMILES string of the molecule is COc1ccc(CC2(N)CCCc3ccccc32)cc1. The molecule has 0 radical (unpaired) electrons. The number of aryl methyl sites for hydroxylation is 1. The van der Waals surface area contributed by atoms with Crippen LogP contribution in [0.1, 0.15) is 29.5 Å². The number of nitrogens with two attached hydrogens (primary N) is 1. The maximum Gasteiger partial charge on any atom is 0.118 e. The molecule has 0 aliphatic heterocycles. The van der Waals surface area contributed by atoms with E-state index in [1.807, 2.05) is 12.1 Å². The number of hydrogen-bond acceptors (Lipinski definition) is 2. The van der Waals surface area contributed by atoms with Gasteiger partial charge in [0, 0.05) is 5.54 Å². The summed E-state index contributed by atoms with van der Waals surface area (Å²) in [5.41, 5.74) is 10.5. The standard InChI is InChI=1S/C18H21NO/c1-20-16-10-8-14(9-11-16)13-18(19)12-4-6-15-5-2-3-7-17(15)18/h2-3,5,7-11H,4,6,12-13,19H2,1H3. The number of rotatable bonds is 3. The average Bonchev–Trinajstić information content (AvgIpc) is 2.48. The predicted molar refractivity (Wildman–Crippen MR) is 81.9 cm³/mol. The van der Waals surface area contributed by atoms with E-state index in [1.165, 1.54) is 23.1 Å². The summed E-state index contributed by atoms with van der Waals surface area (Å²) in [6.45, 7) is 0. The lowest BCUT2D eigenvalue weighted by molar-refractivity contribution is 0.369. The van der Waals surface area contributed by atoms with Crippen LogP contribution in [0.25, 0.3) is 0 Å². The molecule has 0 amide bonds. The lowest BCUT2D eigenvalue weighted by atomic mass is 9.74. The molecule has 2 N–H and O–H groups in total. The first kappa shape index (κ1) is 13.2. The number of fused-ring (bicyclic) bond motifs is 1. The lowest BCUT2D eigenvalue weighted by Crippen LogP contribution is -2.42. The van der Waals surface area contributed by atoms with Crippen LogP contribution in [0.2, 0.25) is 0 Å². The highest BCUT2D eigenvalue weighted by Crippen LogP contribution is 2.36. The van der Waals surface area contributed by atoms with E-state index >= 15 is 0 Å². The Hall–Kier alpha value is -1.80. The fourth-order valence-corrected chi connectivity index (χ4v) is 3.24. The molecule has 0 heterocycles. The van der Waals surface area contributed by atoms with Gasteiger partial charge in [-0.15, -0.1) is 0 Å². The summed E-state index contributed by atoms with van der Waals surface area (Å²) in [4.78, 5) is 0. The van der Waals surface area contributed by atoms with Crippen molar-refractivity contribution in [3.8, 4) is 5.75 Å². The Bertz CT molecular complexity index is 591. The Morgan fingerprint density at radius 2 is 1.85 bits per heavy atom. The monoisotopic (exact) mass is 267 g/mol. The van der Waals surface area contributed by atoms with E-state index < -0.39 is 0 Å². The molecule has 2 nitrogen and oxygen atoms in total. The molecule has 1 unspecified atom stereocenters. The van der Waals surface area contributed by atoms with Gasteiger partial charge in [-0.25, -0.2) is 0 Å². The Labute approximate surface area is 120 Å². The van der Waals surface area contributed by atoms with Gasteiger partial charge < -0.3 is 10.5 Å². The summed E-state index contributed by atoms with van der Waals surface area (Å²) in [6, 6.07) is 16.9. The number of ether oxygens (including phenoxy) is 1. The van der Waals surface area contributed by atoms with E-state index in [4.69, 9.17) is 10.5 Å². The molecule has 0 aromatic heterocycles. The van der Waals surface area contributed by atoms with Crippen LogP contribution < -0.4 is 10.5 Å². The van der Waals surface area contributed by atoms with Crippen molar-refractivity contribution in [1.82, 2.24) is 0 Å². The van der Waals surface area contributed by atoms with Gasteiger partial charge in [0.25, 0.3) is 0 Å². The summed E-state index contributed by atoms with van der Waals surface area (Å²) < 4.78 is 5.21. The first-order chi connectivity index (χ1) is 9.71. The number of hydrogen-bond donors (Lipinski definition) is 1. The molecule has 2 heteroatoms. The highest BCUT2D eigenvalue weighted by atomic mass is 16.5. The van der Waals surface area contributed by atoms with Gasteiger partial charge in [0.05, 0.1) is 7.11 Å². The van der Waals surface area contributed by atoms with Crippen molar-refractivity contribution in [3.63, 3.8) is 0 Å². The van der Waals surface area contributed by atoms with Crippen LogP contribution in [0.3, 0.4) is 0 Å². The van der Waals surface area contributed by atoms with E-state index in [0.717, 1.165) is 25.0 Å². The first-order valence-corrected chi connectivity index (χ1v) is 7.21. The Balaban J connectivity index is 1.89. The second-order valence-corrected chi connectivity index (χ2v) is 5.69.